The molecule has 0 saturated carbocycles. The molecule has 0 amide bonds. The van der Waals surface area contributed by atoms with Gasteiger partial charge in [0.05, 0.1) is 16.1 Å². The van der Waals surface area contributed by atoms with Crippen molar-refractivity contribution >= 4 is 22.7 Å². The highest BCUT2D eigenvalue weighted by Gasteiger charge is 2.13. The third kappa shape index (κ3) is 3.26. The molecule has 1 heterocycles. The Hall–Kier alpha value is -2.46. The first kappa shape index (κ1) is 13.0. The molecule has 1 aromatic heterocycles. The van der Waals surface area contributed by atoms with Gasteiger partial charge in [0.25, 0.3) is 5.69 Å². The summed E-state index contributed by atoms with van der Waals surface area (Å²) in [5.41, 5.74) is 3.26. The summed E-state index contributed by atoms with van der Waals surface area (Å²) in [5, 5.41) is 24.6. The zero-order valence-corrected chi connectivity index (χ0v) is 10.7. The molecule has 0 bridgehead atoms. The van der Waals surface area contributed by atoms with Crippen molar-refractivity contribution in [3.8, 4) is 6.07 Å². The number of nitro benzene ring substituents is 1. The maximum absolute atomic E-state index is 10.8. The highest BCUT2D eigenvalue weighted by molar-refractivity contribution is 7.07. The van der Waals surface area contributed by atoms with E-state index in [9.17, 15) is 10.1 Å². The molecule has 7 heteroatoms. The van der Waals surface area contributed by atoms with Gasteiger partial charge in [-0.25, -0.2) is 4.98 Å². The monoisotopic (exact) mass is 274 g/mol. The number of aromatic nitrogens is 1. The predicted octanol–water partition coefficient (Wildman–Crippen LogP) is 2.58. The molecule has 0 aliphatic heterocycles. The minimum absolute atomic E-state index is 0.0649. The zero-order valence-electron chi connectivity index (χ0n) is 9.87. The normalized spacial score (nSPS) is 9.84. The fourth-order valence-electron chi connectivity index (χ4n) is 1.58. The number of hydrogen-bond acceptors (Lipinski definition) is 6. The van der Waals surface area contributed by atoms with Crippen LogP contribution in [0.2, 0.25) is 0 Å². The molecule has 1 N–H and O–H groups in total. The Bertz CT molecular complexity index is 619. The zero-order chi connectivity index (χ0) is 13.7. The number of benzene rings is 1. The average Bonchev–Trinajstić information content (AvgIpc) is 2.91. The molecule has 19 heavy (non-hydrogen) atoms. The van der Waals surface area contributed by atoms with E-state index in [1.165, 1.54) is 23.5 Å². The van der Waals surface area contributed by atoms with Gasteiger partial charge in [-0.1, -0.05) is 0 Å². The van der Waals surface area contributed by atoms with Gasteiger partial charge in [0.1, 0.15) is 11.6 Å². The van der Waals surface area contributed by atoms with Gasteiger partial charge >= 0.3 is 0 Å². The van der Waals surface area contributed by atoms with Crippen LogP contribution in [0.25, 0.3) is 0 Å². The van der Waals surface area contributed by atoms with Crippen molar-refractivity contribution < 1.29 is 4.92 Å². The van der Waals surface area contributed by atoms with Crippen molar-refractivity contribution in [3.63, 3.8) is 0 Å². The standard InChI is InChI=1S/C12H10N4O2S/c13-6-9-1-2-10(5-12(9)16(17)18)14-4-3-11-7-19-8-15-11/h1-2,5,7-8,14H,3-4H2. The van der Waals surface area contributed by atoms with Crippen LogP contribution in [0.15, 0.2) is 29.1 Å². The van der Waals surface area contributed by atoms with E-state index in [1.54, 1.807) is 17.6 Å². The maximum Gasteiger partial charge on any atom is 0.289 e. The van der Waals surface area contributed by atoms with Crippen LogP contribution in [0, 0.1) is 21.4 Å². The fourth-order valence-corrected chi connectivity index (χ4v) is 2.18. The van der Waals surface area contributed by atoms with Gasteiger partial charge in [-0.05, 0) is 12.1 Å². The Morgan fingerprint density at radius 3 is 3.00 bits per heavy atom. The lowest BCUT2D eigenvalue weighted by atomic mass is 10.2. The number of anilines is 1. The van der Waals surface area contributed by atoms with E-state index in [1.807, 2.05) is 5.38 Å². The molecule has 0 spiro atoms. The summed E-state index contributed by atoms with van der Waals surface area (Å²) in [6.45, 7) is 0.632. The van der Waals surface area contributed by atoms with E-state index >= 15 is 0 Å². The molecule has 96 valence electrons. The average molecular weight is 274 g/mol. The molecule has 0 unspecified atom stereocenters. The van der Waals surface area contributed by atoms with E-state index in [4.69, 9.17) is 5.26 Å². The molecule has 0 radical (unpaired) electrons. The predicted molar refractivity (Wildman–Crippen MR) is 72.1 cm³/mol. The minimum Gasteiger partial charge on any atom is -0.384 e. The van der Waals surface area contributed by atoms with Crippen LogP contribution in [0.3, 0.4) is 0 Å². The van der Waals surface area contributed by atoms with Gasteiger partial charge < -0.3 is 5.32 Å². The molecule has 0 fully saturated rings. The first-order chi connectivity index (χ1) is 9.20. The summed E-state index contributed by atoms with van der Waals surface area (Å²) >= 11 is 1.53. The van der Waals surface area contributed by atoms with Gasteiger partial charge in [0.15, 0.2) is 0 Å². The summed E-state index contributed by atoms with van der Waals surface area (Å²) in [6.07, 6.45) is 0.747. The van der Waals surface area contributed by atoms with Crippen LogP contribution in [0.1, 0.15) is 11.3 Å². The van der Waals surface area contributed by atoms with Crippen molar-refractivity contribution in [1.82, 2.24) is 4.98 Å². The largest absolute Gasteiger partial charge is 0.384 e. The first-order valence-corrected chi connectivity index (χ1v) is 6.44. The Morgan fingerprint density at radius 1 is 1.53 bits per heavy atom. The molecular formula is C12H10N4O2S. The number of nitrogens with one attached hydrogen (secondary N) is 1. The van der Waals surface area contributed by atoms with Crippen LogP contribution >= 0.6 is 11.3 Å². The summed E-state index contributed by atoms with van der Waals surface area (Å²) in [6, 6.07) is 6.29. The minimum atomic E-state index is -0.551. The van der Waals surface area contributed by atoms with Gasteiger partial charge in [0, 0.05) is 30.1 Å². The molecule has 1 aromatic carbocycles. The SMILES string of the molecule is N#Cc1ccc(NCCc2cscn2)cc1[N+](=O)[O-]. The molecular weight excluding hydrogens is 264 g/mol. The highest BCUT2D eigenvalue weighted by atomic mass is 32.1. The van der Waals surface area contributed by atoms with Crippen molar-refractivity contribution in [3.05, 3.63) is 50.5 Å². The Labute approximate surface area is 113 Å². The van der Waals surface area contributed by atoms with Crippen LogP contribution in [0.4, 0.5) is 11.4 Å². The second-order valence-corrected chi connectivity index (χ2v) is 4.48. The molecule has 2 rings (SSSR count). The lowest BCUT2D eigenvalue weighted by Gasteiger charge is -2.05. The van der Waals surface area contributed by atoms with Crippen molar-refractivity contribution in [1.29, 1.82) is 5.26 Å². The molecule has 6 nitrogen and oxygen atoms in total. The topological polar surface area (TPSA) is 91.8 Å². The second kappa shape index (κ2) is 5.93. The number of rotatable bonds is 5. The van der Waals surface area contributed by atoms with E-state index < -0.39 is 4.92 Å². The number of nitrogens with zero attached hydrogens (tertiary/aromatic N) is 3. The van der Waals surface area contributed by atoms with Crippen LogP contribution in [0.5, 0.6) is 0 Å². The van der Waals surface area contributed by atoms with Crippen LogP contribution in [-0.4, -0.2) is 16.5 Å². The van der Waals surface area contributed by atoms with E-state index in [2.05, 4.69) is 10.3 Å². The van der Waals surface area contributed by atoms with Crippen molar-refractivity contribution in [2.45, 2.75) is 6.42 Å². The quantitative estimate of drug-likeness (QED) is 0.668. The number of thiazole rings is 1. The van der Waals surface area contributed by atoms with Crippen LogP contribution in [-0.2, 0) is 6.42 Å². The summed E-state index contributed by atoms with van der Waals surface area (Å²) in [7, 11) is 0. The number of nitro groups is 1. The van der Waals surface area contributed by atoms with E-state index in [-0.39, 0.29) is 11.3 Å². The molecule has 0 atom stereocenters. The molecule has 0 aliphatic carbocycles. The second-order valence-electron chi connectivity index (χ2n) is 3.76. The lowest BCUT2D eigenvalue weighted by Crippen LogP contribution is -2.05. The van der Waals surface area contributed by atoms with Crippen molar-refractivity contribution in [2.75, 3.05) is 11.9 Å². The summed E-state index contributed by atoms with van der Waals surface area (Å²) in [5.74, 6) is 0. The molecule has 0 saturated heterocycles. The van der Waals surface area contributed by atoms with E-state index in [0.29, 0.717) is 12.2 Å². The van der Waals surface area contributed by atoms with Gasteiger partial charge in [-0.3, -0.25) is 10.1 Å². The van der Waals surface area contributed by atoms with Gasteiger partial charge in [0.2, 0.25) is 0 Å². The Morgan fingerprint density at radius 2 is 2.37 bits per heavy atom. The highest BCUT2D eigenvalue weighted by Crippen LogP contribution is 2.22. The maximum atomic E-state index is 10.8. The van der Waals surface area contributed by atoms with E-state index in [0.717, 1.165) is 12.1 Å². The number of hydrogen-bond donors (Lipinski definition) is 1. The lowest BCUT2D eigenvalue weighted by molar-refractivity contribution is -0.385. The third-order valence-corrected chi connectivity index (χ3v) is 3.14. The van der Waals surface area contributed by atoms with Gasteiger partial charge in [-0.15, -0.1) is 11.3 Å². The first-order valence-electron chi connectivity index (χ1n) is 5.50. The molecule has 2 aromatic rings. The van der Waals surface area contributed by atoms with Crippen molar-refractivity contribution in [2.24, 2.45) is 0 Å². The Balaban J connectivity index is 2.03. The summed E-state index contributed by atoms with van der Waals surface area (Å²) in [4.78, 5) is 14.4. The summed E-state index contributed by atoms with van der Waals surface area (Å²) < 4.78 is 0. The Kier molecular flexibility index (Phi) is 4.05. The molecule has 0 aliphatic rings. The smallest absolute Gasteiger partial charge is 0.289 e. The fraction of sp³-hybridized carbons (Fsp3) is 0.167. The van der Waals surface area contributed by atoms with Crippen LogP contribution < -0.4 is 5.32 Å². The number of nitriles is 1. The third-order valence-electron chi connectivity index (χ3n) is 2.51. The van der Waals surface area contributed by atoms with Gasteiger partial charge in [-0.2, -0.15) is 5.26 Å².